The predicted octanol–water partition coefficient (Wildman–Crippen LogP) is 1.52. The molecule has 2 aliphatic rings. The van der Waals surface area contributed by atoms with Crippen molar-refractivity contribution >= 4 is 17.5 Å². The van der Waals surface area contributed by atoms with E-state index in [2.05, 4.69) is 25.8 Å². The lowest BCUT2D eigenvalue weighted by Crippen LogP contribution is -2.40. The van der Waals surface area contributed by atoms with Crippen molar-refractivity contribution < 1.29 is 9.59 Å². The molecule has 8 nitrogen and oxygen atoms in total. The third-order valence-corrected chi connectivity index (χ3v) is 5.35. The second-order valence-electron chi connectivity index (χ2n) is 7.69. The fourth-order valence-corrected chi connectivity index (χ4v) is 3.60. The van der Waals surface area contributed by atoms with Gasteiger partial charge in [0.1, 0.15) is 0 Å². The summed E-state index contributed by atoms with van der Waals surface area (Å²) < 4.78 is 1.87. The number of nitrogens with one attached hydrogen (secondary N) is 2. The molecule has 2 N–H and O–H groups in total. The minimum absolute atomic E-state index is 0.0820. The van der Waals surface area contributed by atoms with Gasteiger partial charge >= 0.3 is 0 Å². The minimum Gasteiger partial charge on any atom is -0.349 e. The van der Waals surface area contributed by atoms with Gasteiger partial charge in [0.2, 0.25) is 5.91 Å². The van der Waals surface area contributed by atoms with Crippen LogP contribution in [0.1, 0.15) is 36.0 Å². The van der Waals surface area contributed by atoms with Crippen LogP contribution in [0.25, 0.3) is 0 Å². The zero-order chi connectivity index (χ0) is 19.3. The Bertz CT molecular complexity index is 810. The number of amides is 2. The van der Waals surface area contributed by atoms with Gasteiger partial charge in [-0.25, -0.2) is 0 Å². The smallest absolute Gasteiger partial charge is 0.253 e. The molecule has 8 heteroatoms. The quantitative estimate of drug-likeness (QED) is 0.758. The summed E-state index contributed by atoms with van der Waals surface area (Å²) in [4.78, 5) is 27.1. The predicted molar refractivity (Wildman–Crippen MR) is 105 cm³/mol. The maximum atomic E-state index is 12.5. The first-order valence-electron chi connectivity index (χ1n) is 9.93. The largest absolute Gasteiger partial charge is 0.349 e. The molecule has 1 aliphatic heterocycles. The normalized spacial score (nSPS) is 18.0. The van der Waals surface area contributed by atoms with Gasteiger partial charge < -0.3 is 10.6 Å². The Hall–Kier alpha value is -2.74. The average molecular weight is 382 g/mol. The van der Waals surface area contributed by atoms with Crippen LogP contribution in [0.4, 0.5) is 5.69 Å². The third kappa shape index (κ3) is 4.95. The molecule has 1 aromatic carbocycles. The maximum Gasteiger partial charge on any atom is 0.253 e. The van der Waals surface area contributed by atoms with Crippen LogP contribution in [-0.4, -0.2) is 57.4 Å². The van der Waals surface area contributed by atoms with Gasteiger partial charge in [-0.3, -0.25) is 19.2 Å². The molecule has 148 valence electrons. The van der Waals surface area contributed by atoms with Crippen molar-refractivity contribution in [3.63, 3.8) is 0 Å². The van der Waals surface area contributed by atoms with Gasteiger partial charge in [-0.2, -0.15) is 0 Å². The van der Waals surface area contributed by atoms with Crippen LogP contribution in [-0.2, 0) is 11.3 Å². The summed E-state index contributed by atoms with van der Waals surface area (Å²) in [5, 5.41) is 13.8. The van der Waals surface area contributed by atoms with Gasteiger partial charge in [0, 0.05) is 18.8 Å². The fourth-order valence-electron chi connectivity index (χ4n) is 3.60. The summed E-state index contributed by atoms with van der Waals surface area (Å²) >= 11 is 0. The second kappa shape index (κ2) is 8.52. The van der Waals surface area contributed by atoms with Crippen LogP contribution in [0.15, 0.2) is 36.7 Å². The van der Waals surface area contributed by atoms with Gasteiger partial charge in [-0.1, -0.05) is 17.3 Å². The molecule has 2 fully saturated rings. The zero-order valence-corrected chi connectivity index (χ0v) is 15.9. The Morgan fingerprint density at radius 1 is 1.11 bits per heavy atom. The monoisotopic (exact) mass is 382 g/mol. The van der Waals surface area contributed by atoms with Crippen molar-refractivity contribution in [2.75, 3.05) is 25.0 Å². The van der Waals surface area contributed by atoms with Crippen LogP contribution in [0.2, 0.25) is 0 Å². The Labute approximate surface area is 164 Å². The van der Waals surface area contributed by atoms with E-state index in [1.54, 1.807) is 18.3 Å². The van der Waals surface area contributed by atoms with Crippen LogP contribution in [0.5, 0.6) is 0 Å². The molecule has 0 atom stereocenters. The van der Waals surface area contributed by atoms with Crippen LogP contribution < -0.4 is 10.6 Å². The number of hydrogen-bond donors (Lipinski definition) is 2. The van der Waals surface area contributed by atoms with E-state index < -0.39 is 0 Å². The van der Waals surface area contributed by atoms with Gasteiger partial charge in [0.15, 0.2) is 0 Å². The van der Waals surface area contributed by atoms with Crippen LogP contribution in [0.3, 0.4) is 0 Å². The van der Waals surface area contributed by atoms with Crippen LogP contribution in [0, 0.1) is 5.92 Å². The highest BCUT2D eigenvalue weighted by Gasteiger charge is 2.25. The van der Waals surface area contributed by atoms with E-state index in [0.29, 0.717) is 23.7 Å². The van der Waals surface area contributed by atoms with Gasteiger partial charge in [0.05, 0.1) is 24.0 Å². The molecule has 2 aromatic rings. The first-order chi connectivity index (χ1) is 13.7. The lowest BCUT2D eigenvalue weighted by atomic mass is 9.97. The standard InChI is InChI=1S/C20H26N6O2/c27-19(14-25-10-7-15(8-11-25)13-26-12-9-21-24-26)23-18-4-2-1-3-17(18)20(28)22-16-5-6-16/h1-4,9,12,15-16H,5-8,10-11,13-14H2,(H,22,28)(H,23,27). The number of likely N-dealkylation sites (tertiary alicyclic amines) is 1. The van der Waals surface area contributed by atoms with E-state index >= 15 is 0 Å². The number of carbonyl (C=O) groups is 2. The summed E-state index contributed by atoms with van der Waals surface area (Å²) in [6.45, 7) is 2.99. The number of hydrogen-bond acceptors (Lipinski definition) is 5. The van der Waals surface area contributed by atoms with Crippen LogP contribution >= 0.6 is 0 Å². The first kappa shape index (κ1) is 18.6. The van der Waals surface area contributed by atoms with Crippen molar-refractivity contribution in [1.82, 2.24) is 25.2 Å². The lowest BCUT2D eigenvalue weighted by molar-refractivity contribution is -0.117. The Morgan fingerprint density at radius 2 is 1.89 bits per heavy atom. The minimum atomic E-state index is -0.118. The highest BCUT2D eigenvalue weighted by Crippen LogP contribution is 2.22. The number of benzene rings is 1. The highest BCUT2D eigenvalue weighted by atomic mass is 16.2. The second-order valence-corrected chi connectivity index (χ2v) is 7.69. The van der Waals surface area contributed by atoms with Crippen molar-refractivity contribution in [2.24, 2.45) is 5.92 Å². The molecule has 28 heavy (non-hydrogen) atoms. The number of nitrogens with zero attached hydrogens (tertiary/aromatic N) is 4. The van der Waals surface area contributed by atoms with Crippen molar-refractivity contribution in [1.29, 1.82) is 0 Å². The van der Waals surface area contributed by atoms with E-state index in [0.717, 1.165) is 45.3 Å². The number of para-hydroxylation sites is 1. The maximum absolute atomic E-state index is 12.5. The molecular weight excluding hydrogens is 356 g/mol. The molecule has 1 aliphatic carbocycles. The average Bonchev–Trinajstić information content (AvgIpc) is 3.36. The molecule has 0 unspecified atom stereocenters. The zero-order valence-electron chi connectivity index (χ0n) is 15.9. The Balaban J connectivity index is 1.26. The SMILES string of the molecule is O=C(CN1CCC(Cn2ccnn2)CC1)Nc1ccccc1C(=O)NC1CC1. The van der Waals surface area contributed by atoms with Crippen molar-refractivity contribution in [2.45, 2.75) is 38.3 Å². The topological polar surface area (TPSA) is 92.2 Å². The summed E-state index contributed by atoms with van der Waals surface area (Å²) in [6.07, 6.45) is 7.72. The number of aromatic nitrogens is 3. The summed E-state index contributed by atoms with van der Waals surface area (Å²) in [6, 6.07) is 7.47. The summed E-state index contributed by atoms with van der Waals surface area (Å²) in [5.41, 5.74) is 1.10. The van der Waals surface area contributed by atoms with E-state index in [9.17, 15) is 9.59 Å². The molecule has 0 radical (unpaired) electrons. The summed E-state index contributed by atoms with van der Waals surface area (Å²) in [7, 11) is 0. The molecule has 1 aromatic heterocycles. The Morgan fingerprint density at radius 3 is 2.61 bits per heavy atom. The molecule has 1 saturated carbocycles. The number of anilines is 1. The number of rotatable bonds is 7. The fraction of sp³-hybridized carbons (Fsp3) is 0.500. The Kier molecular flexibility index (Phi) is 5.66. The number of piperidine rings is 1. The van der Waals surface area contributed by atoms with Gasteiger partial charge in [0.25, 0.3) is 5.91 Å². The molecule has 1 saturated heterocycles. The van der Waals surface area contributed by atoms with Crippen molar-refractivity contribution in [3.05, 3.63) is 42.2 Å². The molecule has 4 rings (SSSR count). The van der Waals surface area contributed by atoms with Gasteiger partial charge in [-0.15, -0.1) is 5.10 Å². The number of carbonyl (C=O) groups excluding carboxylic acids is 2. The summed E-state index contributed by atoms with van der Waals surface area (Å²) in [5.74, 6) is 0.363. The first-order valence-corrected chi connectivity index (χ1v) is 9.93. The molecule has 0 bridgehead atoms. The lowest BCUT2D eigenvalue weighted by Gasteiger charge is -2.31. The van der Waals surface area contributed by atoms with E-state index in [4.69, 9.17) is 0 Å². The molecule has 2 amide bonds. The molecule has 2 heterocycles. The van der Waals surface area contributed by atoms with E-state index in [1.807, 2.05) is 23.0 Å². The third-order valence-electron chi connectivity index (χ3n) is 5.35. The van der Waals surface area contributed by atoms with E-state index in [1.165, 1.54) is 0 Å². The highest BCUT2D eigenvalue weighted by molar-refractivity contribution is 6.04. The van der Waals surface area contributed by atoms with Gasteiger partial charge in [-0.05, 0) is 56.8 Å². The van der Waals surface area contributed by atoms with E-state index in [-0.39, 0.29) is 17.9 Å². The molecule has 0 spiro atoms. The molecular formula is C20H26N6O2. The van der Waals surface area contributed by atoms with Crippen molar-refractivity contribution in [3.8, 4) is 0 Å².